The number of Topliss-reactive ketones (excluding diaryl/α,β-unsaturated/α-hetero) is 1. The Bertz CT molecular complexity index is 756. The van der Waals surface area contributed by atoms with E-state index in [0.29, 0.717) is 35.4 Å². The van der Waals surface area contributed by atoms with Crippen molar-refractivity contribution in [2.75, 3.05) is 0 Å². The maximum absolute atomic E-state index is 12.5. The summed E-state index contributed by atoms with van der Waals surface area (Å²) in [5.74, 6) is 2.08. The molecule has 1 aliphatic heterocycles. The normalized spacial score (nSPS) is 53.2. The summed E-state index contributed by atoms with van der Waals surface area (Å²) < 4.78 is 11.3. The van der Waals surface area contributed by atoms with E-state index in [2.05, 4.69) is 6.92 Å². The number of fused-ring (bicyclic) bond motifs is 5. The van der Waals surface area contributed by atoms with Crippen LogP contribution in [0.15, 0.2) is 0 Å². The van der Waals surface area contributed by atoms with Gasteiger partial charge in [0.2, 0.25) is 0 Å². The average Bonchev–Trinajstić information content (AvgIpc) is 3.08. The lowest BCUT2D eigenvalue weighted by molar-refractivity contribution is -0.308. The van der Waals surface area contributed by atoms with Crippen LogP contribution < -0.4 is 0 Å². The van der Waals surface area contributed by atoms with Crippen molar-refractivity contribution in [1.82, 2.24) is 0 Å². The Morgan fingerprint density at radius 2 is 1.72 bits per heavy atom. The summed E-state index contributed by atoms with van der Waals surface area (Å²) in [4.78, 5) is 23.9. The third-order valence-corrected chi connectivity index (χ3v) is 9.75. The molecule has 0 aromatic carbocycles. The van der Waals surface area contributed by atoms with Crippen LogP contribution in [0.5, 0.6) is 0 Å². The number of ether oxygens (including phenoxy) is 2. The van der Waals surface area contributed by atoms with E-state index < -0.39 is 36.7 Å². The van der Waals surface area contributed by atoms with E-state index in [0.717, 1.165) is 57.8 Å². The Balaban J connectivity index is 1.22. The Labute approximate surface area is 188 Å². The van der Waals surface area contributed by atoms with Gasteiger partial charge in [-0.2, -0.15) is 0 Å². The fourth-order valence-electron chi connectivity index (χ4n) is 8.06. The second-order valence-corrected chi connectivity index (χ2v) is 11.2. The molecule has 4 saturated carbocycles. The second kappa shape index (κ2) is 8.31. The Hall–Kier alpha value is -1.06. The van der Waals surface area contributed by atoms with Gasteiger partial charge in [0.1, 0.15) is 24.1 Å². The highest BCUT2D eigenvalue weighted by molar-refractivity contribution is 5.87. The highest BCUT2D eigenvalue weighted by Gasteiger charge is 2.57. The summed E-state index contributed by atoms with van der Waals surface area (Å²) >= 11 is 0. The van der Waals surface area contributed by atoms with Crippen molar-refractivity contribution >= 4 is 11.8 Å². The van der Waals surface area contributed by atoms with Gasteiger partial charge in [0.15, 0.2) is 12.4 Å². The zero-order valence-corrected chi connectivity index (χ0v) is 18.6. The van der Waals surface area contributed by atoms with Crippen molar-refractivity contribution < 1.29 is 39.5 Å². The van der Waals surface area contributed by atoms with Crippen LogP contribution in [-0.4, -0.2) is 69.0 Å². The van der Waals surface area contributed by atoms with Gasteiger partial charge in [-0.3, -0.25) is 4.79 Å². The first-order valence-corrected chi connectivity index (χ1v) is 12.3. The number of carboxylic acid groups (broad SMARTS) is 1. The molecule has 4 aliphatic carbocycles. The van der Waals surface area contributed by atoms with Crippen LogP contribution in [0.2, 0.25) is 0 Å². The molecule has 8 heteroatoms. The highest BCUT2D eigenvalue weighted by Crippen LogP contribution is 2.61. The monoisotopic (exact) mass is 452 g/mol. The zero-order chi connectivity index (χ0) is 22.8. The maximum Gasteiger partial charge on any atom is 0.335 e. The number of aliphatic hydroxyl groups is 3. The van der Waals surface area contributed by atoms with E-state index in [9.17, 15) is 30.0 Å². The van der Waals surface area contributed by atoms with Gasteiger partial charge in [0.25, 0.3) is 0 Å². The lowest BCUT2D eigenvalue weighted by Gasteiger charge is -2.55. The van der Waals surface area contributed by atoms with E-state index in [-0.39, 0.29) is 11.5 Å². The molecule has 5 aliphatic rings. The molecule has 32 heavy (non-hydrogen) atoms. The summed E-state index contributed by atoms with van der Waals surface area (Å²) in [5.41, 5.74) is -0.102. The van der Waals surface area contributed by atoms with Gasteiger partial charge in [0.05, 0.1) is 6.10 Å². The van der Waals surface area contributed by atoms with E-state index in [1.807, 2.05) is 0 Å². The SMILES string of the molecule is C[C@]12CC[C@H]3[C@@H](CC[C@H]4C[C@H](O[C@@H]5O[C@H](C(=O)O)[C@@H](O)[C@H](O)[C@H]5O)CC[C@@H]43)[C@@H]1CCC2=O. The van der Waals surface area contributed by atoms with Crippen molar-refractivity contribution in [1.29, 1.82) is 0 Å². The largest absolute Gasteiger partial charge is 0.479 e. The smallest absolute Gasteiger partial charge is 0.335 e. The number of rotatable bonds is 3. The Morgan fingerprint density at radius 1 is 0.969 bits per heavy atom. The van der Waals surface area contributed by atoms with Gasteiger partial charge in [-0.15, -0.1) is 0 Å². The first-order chi connectivity index (χ1) is 15.2. The Morgan fingerprint density at radius 3 is 2.47 bits per heavy atom. The predicted molar refractivity (Wildman–Crippen MR) is 111 cm³/mol. The highest BCUT2D eigenvalue weighted by atomic mass is 16.7. The fraction of sp³-hybridized carbons (Fsp3) is 0.917. The lowest BCUT2D eigenvalue weighted by Crippen LogP contribution is -2.61. The van der Waals surface area contributed by atoms with Gasteiger partial charge in [-0.25, -0.2) is 4.79 Å². The molecule has 0 aromatic rings. The van der Waals surface area contributed by atoms with Crippen LogP contribution in [0, 0.1) is 35.0 Å². The van der Waals surface area contributed by atoms with E-state index in [4.69, 9.17) is 9.47 Å². The van der Waals surface area contributed by atoms with Gasteiger partial charge in [-0.05, 0) is 81.0 Å². The van der Waals surface area contributed by atoms with Crippen LogP contribution in [-0.2, 0) is 19.1 Å². The molecule has 1 saturated heterocycles. The standard InChI is InChI=1S/C24H36O8/c1-24-9-8-14-13-5-3-12(10-11(13)2-4-15(14)16(24)6-7-17(24)25)31-23-20(28)18(26)19(27)21(32-23)22(29)30/h11-16,18-21,23,26-28H,2-10H2,1H3,(H,29,30)/t11-,12+,13-,14+,15+,16-,18-,19-,20+,21-,23+,24-/m0/s1. The third-order valence-electron chi connectivity index (χ3n) is 9.75. The number of hydrogen-bond acceptors (Lipinski definition) is 7. The molecule has 0 bridgehead atoms. The first-order valence-electron chi connectivity index (χ1n) is 12.3. The van der Waals surface area contributed by atoms with Crippen molar-refractivity contribution in [3.05, 3.63) is 0 Å². The molecule has 180 valence electrons. The van der Waals surface area contributed by atoms with Gasteiger partial charge in [0, 0.05) is 11.8 Å². The quantitative estimate of drug-likeness (QED) is 0.473. The molecule has 0 radical (unpaired) electrons. The van der Waals surface area contributed by atoms with E-state index in [1.165, 1.54) is 0 Å². The molecule has 8 nitrogen and oxygen atoms in total. The molecular weight excluding hydrogens is 416 g/mol. The molecule has 1 heterocycles. The number of carbonyl (C=O) groups is 2. The van der Waals surface area contributed by atoms with Gasteiger partial charge >= 0.3 is 5.97 Å². The summed E-state index contributed by atoms with van der Waals surface area (Å²) in [6, 6.07) is 0. The second-order valence-electron chi connectivity index (χ2n) is 11.2. The number of hydrogen-bond donors (Lipinski definition) is 4. The Kier molecular flexibility index (Phi) is 5.90. The van der Waals surface area contributed by atoms with Crippen LogP contribution in [0.1, 0.15) is 64.7 Å². The van der Waals surface area contributed by atoms with E-state index >= 15 is 0 Å². The van der Waals surface area contributed by atoms with Crippen molar-refractivity contribution in [2.45, 2.75) is 102 Å². The van der Waals surface area contributed by atoms with Crippen molar-refractivity contribution in [3.63, 3.8) is 0 Å². The predicted octanol–water partition coefficient (Wildman–Crippen LogP) is 1.49. The summed E-state index contributed by atoms with van der Waals surface area (Å²) in [6.45, 7) is 2.20. The average molecular weight is 453 g/mol. The minimum atomic E-state index is -1.70. The summed E-state index contributed by atoms with van der Waals surface area (Å²) in [7, 11) is 0. The molecule has 0 aromatic heterocycles. The van der Waals surface area contributed by atoms with Crippen LogP contribution in [0.3, 0.4) is 0 Å². The van der Waals surface area contributed by atoms with E-state index in [1.54, 1.807) is 0 Å². The minimum Gasteiger partial charge on any atom is -0.479 e. The van der Waals surface area contributed by atoms with Crippen molar-refractivity contribution in [3.8, 4) is 0 Å². The molecule has 4 N–H and O–H groups in total. The fourth-order valence-corrected chi connectivity index (χ4v) is 8.06. The summed E-state index contributed by atoms with van der Waals surface area (Å²) in [6.07, 6.45) is 0.950. The molecule has 0 unspecified atom stereocenters. The number of carboxylic acids is 1. The van der Waals surface area contributed by atoms with Gasteiger partial charge in [-0.1, -0.05) is 6.92 Å². The third kappa shape index (κ3) is 3.54. The van der Waals surface area contributed by atoms with Gasteiger partial charge < -0.3 is 29.9 Å². The van der Waals surface area contributed by atoms with Crippen LogP contribution in [0.4, 0.5) is 0 Å². The first kappa shape index (κ1) is 22.7. The maximum atomic E-state index is 12.5. The number of aliphatic hydroxyl groups excluding tert-OH is 3. The number of carbonyl (C=O) groups excluding carboxylic acids is 1. The summed E-state index contributed by atoms with van der Waals surface area (Å²) in [5, 5.41) is 39.4. The van der Waals surface area contributed by atoms with Crippen molar-refractivity contribution in [2.24, 2.45) is 35.0 Å². The van der Waals surface area contributed by atoms with Crippen LogP contribution in [0.25, 0.3) is 0 Å². The molecular formula is C24H36O8. The molecule has 0 amide bonds. The lowest BCUT2D eigenvalue weighted by atomic mass is 9.50. The molecule has 12 atom stereocenters. The topological polar surface area (TPSA) is 134 Å². The minimum absolute atomic E-state index is 0.102. The van der Waals surface area contributed by atoms with Crippen LogP contribution >= 0.6 is 0 Å². The number of ketones is 1. The zero-order valence-electron chi connectivity index (χ0n) is 18.6. The molecule has 5 fully saturated rings. The molecule has 5 rings (SSSR count). The number of aliphatic carboxylic acids is 1. The molecule has 0 spiro atoms.